The van der Waals surface area contributed by atoms with Gasteiger partial charge in [0.2, 0.25) is 0 Å². The van der Waals surface area contributed by atoms with E-state index in [0.29, 0.717) is 5.56 Å². The number of benzene rings is 1. The molecule has 0 fully saturated rings. The molecule has 0 aliphatic rings. The molecule has 1 aromatic carbocycles. The number of aromatic nitrogens is 2. The zero-order valence-electron chi connectivity index (χ0n) is 10.5. The van der Waals surface area contributed by atoms with Crippen LogP contribution in [-0.2, 0) is 6.18 Å². The number of nitrogens with zero attached hydrogens (tertiary/aromatic N) is 2. The van der Waals surface area contributed by atoms with Gasteiger partial charge in [0.05, 0.1) is 6.10 Å². The van der Waals surface area contributed by atoms with E-state index in [1.807, 2.05) is 0 Å². The fourth-order valence-electron chi connectivity index (χ4n) is 1.50. The summed E-state index contributed by atoms with van der Waals surface area (Å²) in [6.07, 6.45) is -4.47. The lowest BCUT2D eigenvalue weighted by Crippen LogP contribution is -2.09. The van der Waals surface area contributed by atoms with Crippen molar-refractivity contribution in [2.75, 3.05) is 5.75 Å². The van der Waals surface area contributed by atoms with Crippen LogP contribution in [0.5, 0.6) is 0 Å². The van der Waals surface area contributed by atoms with Gasteiger partial charge in [-0.05, 0) is 23.8 Å². The summed E-state index contributed by atoms with van der Waals surface area (Å²) in [5, 5.41) is 9.80. The van der Waals surface area contributed by atoms with Crippen LogP contribution in [0.2, 0.25) is 0 Å². The third-order valence-electron chi connectivity index (χ3n) is 2.55. The van der Waals surface area contributed by atoms with Crippen LogP contribution in [0.25, 0.3) is 0 Å². The van der Waals surface area contributed by atoms with Gasteiger partial charge >= 0.3 is 6.18 Å². The summed E-state index contributed by atoms with van der Waals surface area (Å²) < 4.78 is 50.2. The molecule has 2 aromatic rings. The van der Waals surface area contributed by atoms with Crippen molar-refractivity contribution in [3.63, 3.8) is 0 Å². The number of hydrogen-bond donors (Lipinski definition) is 1. The monoisotopic (exact) mass is 318 g/mol. The molecule has 112 valence electrons. The summed E-state index contributed by atoms with van der Waals surface area (Å²) in [6, 6.07) is 6.00. The molecule has 1 aromatic heterocycles. The molecule has 0 saturated heterocycles. The Bertz CT molecular complexity index is 604. The fraction of sp³-hybridized carbons (Fsp3) is 0.231. The first-order valence-corrected chi connectivity index (χ1v) is 6.81. The van der Waals surface area contributed by atoms with Gasteiger partial charge in [-0.15, -0.1) is 0 Å². The van der Waals surface area contributed by atoms with E-state index in [2.05, 4.69) is 9.97 Å². The first-order valence-electron chi connectivity index (χ1n) is 5.83. The van der Waals surface area contributed by atoms with Crippen molar-refractivity contribution < 1.29 is 22.7 Å². The van der Waals surface area contributed by atoms with E-state index in [-0.39, 0.29) is 10.9 Å². The van der Waals surface area contributed by atoms with Crippen molar-refractivity contribution in [1.82, 2.24) is 9.97 Å². The second-order valence-electron chi connectivity index (χ2n) is 4.10. The zero-order valence-corrected chi connectivity index (χ0v) is 11.3. The third-order valence-corrected chi connectivity index (χ3v) is 3.49. The lowest BCUT2D eigenvalue weighted by molar-refractivity contribution is -0.141. The summed E-state index contributed by atoms with van der Waals surface area (Å²) in [6.45, 7) is 0. The van der Waals surface area contributed by atoms with E-state index >= 15 is 0 Å². The number of alkyl halides is 3. The Morgan fingerprint density at radius 2 is 1.81 bits per heavy atom. The normalized spacial score (nSPS) is 13.2. The molecular formula is C13H10F4N2OS. The van der Waals surface area contributed by atoms with E-state index in [1.54, 1.807) is 0 Å². The quantitative estimate of drug-likeness (QED) is 0.533. The summed E-state index contributed by atoms with van der Waals surface area (Å²) in [5.41, 5.74) is -0.563. The predicted octanol–water partition coefficient (Wildman–Crippen LogP) is 3.46. The molecule has 0 bridgehead atoms. The second kappa shape index (κ2) is 6.40. The highest BCUT2D eigenvalue weighted by Gasteiger charge is 2.32. The van der Waals surface area contributed by atoms with E-state index in [1.165, 1.54) is 24.3 Å². The Morgan fingerprint density at radius 1 is 1.14 bits per heavy atom. The largest absolute Gasteiger partial charge is 0.433 e. The van der Waals surface area contributed by atoms with Crippen LogP contribution in [-0.4, -0.2) is 20.8 Å². The molecule has 0 spiro atoms. The van der Waals surface area contributed by atoms with Gasteiger partial charge < -0.3 is 5.11 Å². The van der Waals surface area contributed by atoms with Gasteiger partial charge in [-0.3, -0.25) is 0 Å². The standard InChI is InChI=1S/C13H10F4N2OS/c14-9-3-1-8(2-4-9)10(20)7-21-12-18-6-5-11(19-12)13(15,16)17/h1-6,10,20H,7H2. The van der Waals surface area contributed by atoms with E-state index in [9.17, 15) is 22.7 Å². The molecule has 0 radical (unpaired) electrons. The molecule has 1 heterocycles. The fourth-order valence-corrected chi connectivity index (χ4v) is 2.30. The van der Waals surface area contributed by atoms with Crippen molar-refractivity contribution in [3.8, 4) is 0 Å². The third kappa shape index (κ3) is 4.40. The van der Waals surface area contributed by atoms with Crippen LogP contribution >= 0.6 is 11.8 Å². The number of halogens is 4. The zero-order chi connectivity index (χ0) is 15.5. The Balaban J connectivity index is 2.01. The molecule has 1 N–H and O–H groups in total. The maximum atomic E-state index is 12.7. The van der Waals surface area contributed by atoms with Crippen LogP contribution in [0.15, 0.2) is 41.7 Å². The van der Waals surface area contributed by atoms with Crippen molar-refractivity contribution >= 4 is 11.8 Å². The summed E-state index contributed by atoms with van der Waals surface area (Å²) in [4.78, 5) is 7.09. The maximum Gasteiger partial charge on any atom is 0.433 e. The minimum Gasteiger partial charge on any atom is -0.388 e. The molecule has 21 heavy (non-hydrogen) atoms. The molecule has 1 atom stereocenters. The second-order valence-corrected chi connectivity index (χ2v) is 5.09. The molecule has 0 aliphatic heterocycles. The van der Waals surface area contributed by atoms with E-state index < -0.39 is 23.8 Å². The topological polar surface area (TPSA) is 46.0 Å². The van der Waals surface area contributed by atoms with Crippen LogP contribution in [0.1, 0.15) is 17.4 Å². The van der Waals surface area contributed by atoms with Gasteiger partial charge in [-0.2, -0.15) is 13.2 Å². The maximum absolute atomic E-state index is 12.7. The smallest absolute Gasteiger partial charge is 0.388 e. The highest BCUT2D eigenvalue weighted by molar-refractivity contribution is 7.99. The number of aliphatic hydroxyl groups is 1. The Morgan fingerprint density at radius 3 is 2.43 bits per heavy atom. The van der Waals surface area contributed by atoms with Gasteiger partial charge in [0.15, 0.2) is 5.16 Å². The highest BCUT2D eigenvalue weighted by atomic mass is 32.2. The van der Waals surface area contributed by atoms with E-state index in [0.717, 1.165) is 24.0 Å². The summed E-state index contributed by atoms with van der Waals surface area (Å²) in [5.74, 6) is -0.368. The van der Waals surface area contributed by atoms with Crippen molar-refractivity contribution in [2.24, 2.45) is 0 Å². The molecule has 1 unspecified atom stereocenters. The summed E-state index contributed by atoms with van der Waals surface area (Å²) in [7, 11) is 0. The number of thioether (sulfide) groups is 1. The number of rotatable bonds is 4. The molecule has 8 heteroatoms. The molecule has 2 rings (SSSR count). The minimum atomic E-state index is -4.53. The van der Waals surface area contributed by atoms with Gasteiger partial charge in [0.1, 0.15) is 11.5 Å². The number of aliphatic hydroxyl groups excluding tert-OH is 1. The van der Waals surface area contributed by atoms with Crippen LogP contribution < -0.4 is 0 Å². The lowest BCUT2D eigenvalue weighted by Gasteiger charge is -2.10. The van der Waals surface area contributed by atoms with Gasteiger partial charge in [-0.1, -0.05) is 23.9 Å². The Labute approximate surface area is 122 Å². The first-order chi connectivity index (χ1) is 9.86. The Hall–Kier alpha value is -1.67. The van der Waals surface area contributed by atoms with Crippen molar-refractivity contribution in [1.29, 1.82) is 0 Å². The SMILES string of the molecule is OC(CSc1nccc(C(F)(F)F)n1)c1ccc(F)cc1. The Kier molecular flexibility index (Phi) is 4.79. The average molecular weight is 318 g/mol. The molecular weight excluding hydrogens is 308 g/mol. The predicted molar refractivity (Wildman–Crippen MR) is 69.1 cm³/mol. The molecule has 0 saturated carbocycles. The first kappa shape index (κ1) is 15.7. The lowest BCUT2D eigenvalue weighted by atomic mass is 10.1. The van der Waals surface area contributed by atoms with Crippen LogP contribution in [0.3, 0.4) is 0 Å². The van der Waals surface area contributed by atoms with E-state index in [4.69, 9.17) is 0 Å². The minimum absolute atomic E-state index is 0.0624. The van der Waals surface area contributed by atoms with Gasteiger partial charge in [-0.25, -0.2) is 14.4 Å². The summed E-state index contributed by atoms with van der Waals surface area (Å²) >= 11 is 0.892. The highest BCUT2D eigenvalue weighted by Crippen LogP contribution is 2.29. The molecule has 0 amide bonds. The van der Waals surface area contributed by atoms with Crippen LogP contribution in [0.4, 0.5) is 17.6 Å². The number of hydrogen-bond acceptors (Lipinski definition) is 4. The van der Waals surface area contributed by atoms with Gasteiger partial charge in [0, 0.05) is 11.9 Å². The molecule has 0 aliphatic carbocycles. The molecule has 3 nitrogen and oxygen atoms in total. The van der Waals surface area contributed by atoms with Gasteiger partial charge in [0.25, 0.3) is 0 Å². The van der Waals surface area contributed by atoms with Crippen molar-refractivity contribution in [3.05, 3.63) is 53.6 Å². The average Bonchev–Trinajstić information content (AvgIpc) is 2.45. The van der Waals surface area contributed by atoms with Crippen molar-refractivity contribution in [2.45, 2.75) is 17.4 Å². The van der Waals surface area contributed by atoms with Crippen LogP contribution in [0, 0.1) is 5.82 Å².